The Kier molecular flexibility index (Phi) is 3.92. The van der Waals surface area contributed by atoms with Crippen molar-refractivity contribution in [2.24, 2.45) is 0 Å². The second kappa shape index (κ2) is 6.01. The van der Waals surface area contributed by atoms with Crippen molar-refractivity contribution in [3.63, 3.8) is 0 Å². The van der Waals surface area contributed by atoms with Gasteiger partial charge in [0.2, 0.25) is 0 Å². The van der Waals surface area contributed by atoms with E-state index in [1.165, 1.54) is 16.7 Å². The second-order valence-electron chi connectivity index (χ2n) is 5.73. The molecule has 0 N–H and O–H groups in total. The van der Waals surface area contributed by atoms with E-state index in [2.05, 4.69) is 98.8 Å². The molecule has 102 valence electrons. The van der Waals surface area contributed by atoms with Gasteiger partial charge in [-0.05, 0) is 28.4 Å². The summed E-state index contributed by atoms with van der Waals surface area (Å²) in [5.74, 6) is 0. The van der Waals surface area contributed by atoms with Crippen molar-refractivity contribution in [3.05, 3.63) is 108 Å². The lowest BCUT2D eigenvalue weighted by atomic mass is 9.57. The van der Waals surface area contributed by atoms with E-state index in [0.717, 1.165) is 6.42 Å². The van der Waals surface area contributed by atoms with Gasteiger partial charge in [0.05, 0.1) is 0 Å². The fraction of sp³-hybridized carbons (Fsp3) is 0.100. The first-order valence-corrected chi connectivity index (χ1v) is 7.44. The lowest BCUT2D eigenvalue weighted by Gasteiger charge is -2.31. The fourth-order valence-corrected chi connectivity index (χ4v) is 2.99. The lowest BCUT2D eigenvalue weighted by Crippen LogP contribution is -2.30. The van der Waals surface area contributed by atoms with Crippen LogP contribution in [0.4, 0.5) is 0 Å². The molecule has 0 aliphatic rings. The van der Waals surface area contributed by atoms with Gasteiger partial charge in [0.25, 0.3) is 0 Å². The topological polar surface area (TPSA) is 0 Å². The Hall–Kier alpha value is -2.28. The van der Waals surface area contributed by atoms with E-state index in [1.807, 2.05) is 0 Å². The highest BCUT2D eigenvalue weighted by molar-refractivity contribution is 6.18. The van der Waals surface area contributed by atoms with Crippen LogP contribution < -0.4 is 0 Å². The molecule has 0 amide bonds. The van der Waals surface area contributed by atoms with Crippen LogP contribution in [0.3, 0.4) is 0 Å². The van der Waals surface area contributed by atoms with Gasteiger partial charge in [-0.1, -0.05) is 91.0 Å². The smallest absolute Gasteiger partial charge is 0.0622 e. The third-order valence-electron chi connectivity index (χ3n) is 4.22. The molecule has 0 radical (unpaired) electrons. The Labute approximate surface area is 127 Å². The fourth-order valence-electron chi connectivity index (χ4n) is 2.99. The van der Waals surface area contributed by atoms with Crippen LogP contribution in [0.2, 0.25) is 0 Å². The summed E-state index contributed by atoms with van der Waals surface area (Å²) in [5, 5.41) is -0.0100. The van der Waals surface area contributed by atoms with Gasteiger partial charge in [0, 0.05) is 0 Å². The van der Waals surface area contributed by atoms with Crippen molar-refractivity contribution < 1.29 is 0 Å². The average Bonchev–Trinajstić information content (AvgIpc) is 2.57. The normalized spacial score (nSPS) is 11.2. The van der Waals surface area contributed by atoms with Gasteiger partial charge in [-0.3, -0.25) is 0 Å². The van der Waals surface area contributed by atoms with Gasteiger partial charge in [-0.2, -0.15) is 0 Å². The SMILES string of the molecule is BC(Cc1ccccc1)(c1ccccc1)c1ccccc1. The minimum Gasteiger partial charge on any atom is -0.0622 e. The van der Waals surface area contributed by atoms with Gasteiger partial charge in [-0.25, -0.2) is 0 Å². The van der Waals surface area contributed by atoms with Gasteiger partial charge < -0.3 is 0 Å². The number of hydrogen-bond donors (Lipinski definition) is 0. The highest BCUT2D eigenvalue weighted by atomic mass is 14.3. The third kappa shape index (κ3) is 2.92. The summed E-state index contributed by atoms with van der Waals surface area (Å²) in [6, 6.07) is 32.3. The van der Waals surface area contributed by atoms with Crippen LogP contribution in [0.15, 0.2) is 91.0 Å². The summed E-state index contributed by atoms with van der Waals surface area (Å²) < 4.78 is 0. The number of benzene rings is 3. The molecular formula is C20H19B. The van der Waals surface area contributed by atoms with E-state index in [4.69, 9.17) is 0 Å². The first kappa shape index (κ1) is 13.7. The Morgan fingerprint density at radius 3 is 1.38 bits per heavy atom. The Balaban J connectivity index is 2.07. The average molecular weight is 270 g/mol. The Morgan fingerprint density at radius 2 is 0.952 bits per heavy atom. The van der Waals surface area contributed by atoms with Crippen LogP contribution in [0.25, 0.3) is 0 Å². The Bertz CT molecular complexity index is 635. The van der Waals surface area contributed by atoms with Gasteiger partial charge in [0.15, 0.2) is 0 Å². The first-order valence-electron chi connectivity index (χ1n) is 7.44. The summed E-state index contributed by atoms with van der Waals surface area (Å²) >= 11 is 0. The number of rotatable bonds is 4. The van der Waals surface area contributed by atoms with Crippen molar-refractivity contribution >= 4 is 7.85 Å². The molecule has 3 aromatic carbocycles. The van der Waals surface area contributed by atoms with Crippen LogP contribution in [-0.2, 0) is 11.7 Å². The largest absolute Gasteiger partial charge is 0.121 e. The molecule has 0 aliphatic heterocycles. The van der Waals surface area contributed by atoms with E-state index >= 15 is 0 Å². The summed E-state index contributed by atoms with van der Waals surface area (Å²) in [6.07, 6.45) is 1.00. The summed E-state index contributed by atoms with van der Waals surface area (Å²) in [7, 11) is 2.34. The molecule has 0 saturated carbocycles. The van der Waals surface area contributed by atoms with Crippen molar-refractivity contribution in [1.29, 1.82) is 0 Å². The van der Waals surface area contributed by atoms with Crippen LogP contribution in [0, 0.1) is 0 Å². The van der Waals surface area contributed by atoms with Crippen LogP contribution in [-0.4, -0.2) is 7.85 Å². The van der Waals surface area contributed by atoms with Crippen molar-refractivity contribution in [1.82, 2.24) is 0 Å². The predicted molar refractivity (Wildman–Crippen MR) is 92.4 cm³/mol. The summed E-state index contributed by atoms with van der Waals surface area (Å²) in [6.45, 7) is 0. The zero-order chi connectivity index (χ0) is 14.5. The molecule has 0 aliphatic carbocycles. The van der Waals surface area contributed by atoms with E-state index in [9.17, 15) is 0 Å². The second-order valence-corrected chi connectivity index (χ2v) is 5.73. The molecule has 0 aromatic heterocycles. The van der Waals surface area contributed by atoms with Gasteiger partial charge in [0.1, 0.15) is 7.85 Å². The number of hydrogen-bond acceptors (Lipinski definition) is 0. The van der Waals surface area contributed by atoms with Gasteiger partial charge in [-0.15, -0.1) is 0 Å². The standard InChI is InChI=1S/C20H19B/c21-20(18-12-6-2-7-13-18,19-14-8-3-9-15-19)16-17-10-4-1-5-11-17/h1-15H,16,21H2. The molecular weight excluding hydrogens is 251 g/mol. The first-order chi connectivity index (χ1) is 10.3. The maximum absolute atomic E-state index is 2.34. The van der Waals surface area contributed by atoms with E-state index in [0.29, 0.717) is 0 Å². The Morgan fingerprint density at radius 1 is 0.571 bits per heavy atom. The van der Waals surface area contributed by atoms with E-state index in [1.54, 1.807) is 0 Å². The van der Waals surface area contributed by atoms with Crippen molar-refractivity contribution in [2.75, 3.05) is 0 Å². The molecule has 0 nitrogen and oxygen atoms in total. The molecule has 3 rings (SSSR count). The monoisotopic (exact) mass is 270 g/mol. The molecule has 0 unspecified atom stereocenters. The molecule has 0 atom stereocenters. The quantitative estimate of drug-likeness (QED) is 0.632. The summed E-state index contributed by atoms with van der Waals surface area (Å²) in [5.41, 5.74) is 4.09. The van der Waals surface area contributed by atoms with Crippen molar-refractivity contribution in [3.8, 4) is 0 Å². The summed E-state index contributed by atoms with van der Waals surface area (Å²) in [4.78, 5) is 0. The van der Waals surface area contributed by atoms with Gasteiger partial charge >= 0.3 is 0 Å². The van der Waals surface area contributed by atoms with E-state index in [-0.39, 0.29) is 5.31 Å². The lowest BCUT2D eigenvalue weighted by molar-refractivity contribution is 0.719. The molecule has 1 heteroatoms. The molecule has 0 spiro atoms. The minimum absolute atomic E-state index is 0.0100. The van der Waals surface area contributed by atoms with Crippen LogP contribution in [0.5, 0.6) is 0 Å². The van der Waals surface area contributed by atoms with Crippen molar-refractivity contribution in [2.45, 2.75) is 11.7 Å². The zero-order valence-corrected chi connectivity index (χ0v) is 12.4. The van der Waals surface area contributed by atoms with Crippen LogP contribution in [0.1, 0.15) is 16.7 Å². The third-order valence-corrected chi connectivity index (χ3v) is 4.22. The molecule has 0 fully saturated rings. The molecule has 0 bridgehead atoms. The minimum atomic E-state index is -0.0100. The highest BCUT2D eigenvalue weighted by Gasteiger charge is 2.28. The van der Waals surface area contributed by atoms with Crippen LogP contribution >= 0.6 is 0 Å². The maximum atomic E-state index is 2.34. The molecule has 21 heavy (non-hydrogen) atoms. The predicted octanol–water partition coefficient (Wildman–Crippen LogP) is 3.81. The highest BCUT2D eigenvalue weighted by Crippen LogP contribution is 2.32. The zero-order valence-electron chi connectivity index (χ0n) is 12.4. The molecule has 0 saturated heterocycles. The van der Waals surface area contributed by atoms with E-state index < -0.39 is 0 Å². The maximum Gasteiger partial charge on any atom is 0.121 e. The molecule has 0 heterocycles. The molecule has 3 aromatic rings.